The van der Waals surface area contributed by atoms with Crippen LogP contribution in [0.1, 0.15) is 22.7 Å². The molecule has 220 valence electrons. The SMILES string of the molecule is C1=C(c2ccc3c(c2)-c2cc(-c4ccc5c(c4)oc4ccccc45)ccc2OCO3)C=C(c2ccccc2)[NH2+]C1c1ccccc1. The molecule has 0 fully saturated rings. The number of hydrogen-bond donors (Lipinski definition) is 1. The van der Waals surface area contributed by atoms with Crippen LogP contribution in [-0.2, 0) is 0 Å². The first-order chi connectivity index (χ1) is 22.8. The molecule has 1 atom stereocenters. The van der Waals surface area contributed by atoms with Crippen LogP contribution < -0.4 is 14.8 Å². The molecule has 0 radical (unpaired) electrons. The first-order valence-electron chi connectivity index (χ1n) is 15.6. The number of allylic oxidation sites excluding steroid dienone is 2. The van der Waals surface area contributed by atoms with Crippen LogP contribution in [0.25, 0.3) is 55.5 Å². The molecule has 0 spiro atoms. The van der Waals surface area contributed by atoms with E-state index in [-0.39, 0.29) is 12.8 Å². The van der Waals surface area contributed by atoms with E-state index >= 15 is 0 Å². The van der Waals surface area contributed by atoms with E-state index in [0.717, 1.165) is 61.3 Å². The number of furan rings is 1. The molecule has 2 N–H and O–H groups in total. The molecule has 0 amide bonds. The minimum Gasteiger partial charge on any atom is -0.457 e. The van der Waals surface area contributed by atoms with Crippen LogP contribution >= 0.6 is 0 Å². The Morgan fingerprint density at radius 3 is 1.96 bits per heavy atom. The van der Waals surface area contributed by atoms with E-state index in [0.29, 0.717) is 0 Å². The van der Waals surface area contributed by atoms with Crippen molar-refractivity contribution in [3.63, 3.8) is 0 Å². The van der Waals surface area contributed by atoms with Crippen molar-refractivity contribution in [3.8, 4) is 33.8 Å². The van der Waals surface area contributed by atoms with Gasteiger partial charge in [-0.15, -0.1) is 0 Å². The third-order valence-electron chi connectivity index (χ3n) is 9.04. The fraction of sp³-hybridized carbons (Fsp3) is 0.0476. The standard InChI is InChI=1S/C42H29NO3/c1-3-9-27(10-4-1)37-23-32(24-38(43-37)28-11-5-2-6-12-28)30-17-20-40-36(22-30)35-21-29(16-19-39(35)44-26-45-40)31-15-18-34-33-13-7-8-14-41(33)46-42(34)25-31/h1-25,37,43H,26H2/p+1. The van der Waals surface area contributed by atoms with Gasteiger partial charge in [-0.25, -0.2) is 0 Å². The monoisotopic (exact) mass is 596 g/mol. The number of rotatable bonds is 4. The van der Waals surface area contributed by atoms with Crippen molar-refractivity contribution in [2.24, 2.45) is 0 Å². The fourth-order valence-electron chi connectivity index (χ4n) is 6.71. The third kappa shape index (κ3) is 4.68. The summed E-state index contributed by atoms with van der Waals surface area (Å²) in [6.07, 6.45) is 4.65. The summed E-state index contributed by atoms with van der Waals surface area (Å²) in [6, 6.07) is 48.9. The van der Waals surface area contributed by atoms with Gasteiger partial charge in [0.25, 0.3) is 0 Å². The summed E-state index contributed by atoms with van der Waals surface area (Å²) in [6.45, 7) is 0.162. The predicted octanol–water partition coefficient (Wildman–Crippen LogP) is 9.39. The highest BCUT2D eigenvalue weighted by Crippen LogP contribution is 2.43. The lowest BCUT2D eigenvalue weighted by Gasteiger charge is -2.21. The molecule has 2 aliphatic rings. The minimum atomic E-state index is 0.154. The van der Waals surface area contributed by atoms with Gasteiger partial charge in [0, 0.05) is 39.1 Å². The zero-order valence-electron chi connectivity index (χ0n) is 25.0. The average Bonchev–Trinajstić information content (AvgIpc) is 3.40. The summed E-state index contributed by atoms with van der Waals surface area (Å²) < 4.78 is 18.4. The quantitative estimate of drug-likeness (QED) is 0.220. The second-order valence-electron chi connectivity index (χ2n) is 11.8. The van der Waals surface area contributed by atoms with E-state index < -0.39 is 0 Å². The number of nitrogens with two attached hydrogens (primary N) is 1. The Labute approximate surface area is 266 Å². The smallest absolute Gasteiger partial charge is 0.230 e. The molecule has 0 bridgehead atoms. The van der Waals surface area contributed by atoms with Crippen LogP contribution in [0.15, 0.2) is 156 Å². The van der Waals surface area contributed by atoms with Crippen LogP contribution in [-0.4, -0.2) is 6.79 Å². The molecule has 4 nitrogen and oxygen atoms in total. The van der Waals surface area contributed by atoms with Gasteiger partial charge in [-0.2, -0.15) is 0 Å². The number of quaternary nitrogens is 1. The van der Waals surface area contributed by atoms with Gasteiger partial charge < -0.3 is 19.2 Å². The Hall–Kier alpha value is -5.84. The van der Waals surface area contributed by atoms with Crippen molar-refractivity contribution in [2.45, 2.75) is 6.04 Å². The first-order valence-corrected chi connectivity index (χ1v) is 15.6. The molecule has 46 heavy (non-hydrogen) atoms. The topological polar surface area (TPSA) is 48.2 Å². The molecule has 2 aliphatic heterocycles. The van der Waals surface area contributed by atoms with Crippen molar-refractivity contribution in [3.05, 3.63) is 168 Å². The molecule has 1 unspecified atom stereocenters. The molecule has 0 saturated heterocycles. The maximum absolute atomic E-state index is 6.21. The molecule has 0 aliphatic carbocycles. The second-order valence-corrected chi connectivity index (χ2v) is 11.8. The number of para-hydroxylation sites is 1. The van der Waals surface area contributed by atoms with E-state index in [1.165, 1.54) is 22.4 Å². The highest BCUT2D eigenvalue weighted by atomic mass is 16.7. The molecule has 9 rings (SSSR count). The van der Waals surface area contributed by atoms with Crippen molar-refractivity contribution < 1.29 is 19.2 Å². The molecule has 0 saturated carbocycles. The number of hydrogen-bond acceptors (Lipinski definition) is 3. The summed E-state index contributed by atoms with van der Waals surface area (Å²) in [5, 5.41) is 4.61. The first kappa shape index (κ1) is 26.6. The van der Waals surface area contributed by atoms with Crippen molar-refractivity contribution >= 4 is 33.2 Å². The Balaban J connectivity index is 1.15. The number of fused-ring (bicyclic) bond motifs is 6. The second kappa shape index (κ2) is 11.0. The number of ether oxygens (including phenoxy) is 2. The van der Waals surface area contributed by atoms with Gasteiger partial charge in [0.2, 0.25) is 6.79 Å². The van der Waals surface area contributed by atoms with Gasteiger partial charge in [-0.1, -0.05) is 84.9 Å². The van der Waals surface area contributed by atoms with Crippen LogP contribution in [0.5, 0.6) is 11.5 Å². The highest BCUT2D eigenvalue weighted by Gasteiger charge is 2.24. The zero-order chi connectivity index (χ0) is 30.5. The lowest BCUT2D eigenvalue weighted by molar-refractivity contribution is -0.598. The van der Waals surface area contributed by atoms with E-state index in [4.69, 9.17) is 13.9 Å². The van der Waals surface area contributed by atoms with E-state index in [2.05, 4.69) is 133 Å². The molecule has 4 heteroatoms. The lowest BCUT2D eigenvalue weighted by atomic mass is 9.91. The summed E-state index contributed by atoms with van der Waals surface area (Å²) >= 11 is 0. The van der Waals surface area contributed by atoms with Crippen LogP contribution in [0.2, 0.25) is 0 Å². The Kier molecular flexibility index (Phi) is 6.32. The summed E-state index contributed by atoms with van der Waals surface area (Å²) in [4.78, 5) is 0. The largest absolute Gasteiger partial charge is 0.457 e. The molecular formula is C42H30NO3+. The molecule has 7 aromatic rings. The average molecular weight is 597 g/mol. The summed E-state index contributed by atoms with van der Waals surface area (Å²) in [5.74, 6) is 1.61. The fourth-order valence-corrected chi connectivity index (χ4v) is 6.71. The van der Waals surface area contributed by atoms with Crippen LogP contribution in [0.4, 0.5) is 0 Å². The molecule has 1 aromatic heterocycles. The maximum Gasteiger partial charge on any atom is 0.230 e. The van der Waals surface area contributed by atoms with E-state index in [9.17, 15) is 0 Å². The Morgan fingerprint density at radius 1 is 0.522 bits per heavy atom. The van der Waals surface area contributed by atoms with Crippen LogP contribution in [0, 0.1) is 0 Å². The van der Waals surface area contributed by atoms with Crippen molar-refractivity contribution in [1.82, 2.24) is 0 Å². The van der Waals surface area contributed by atoms with E-state index in [1.54, 1.807) is 0 Å². The minimum absolute atomic E-state index is 0.154. The predicted molar refractivity (Wildman–Crippen MR) is 184 cm³/mol. The van der Waals surface area contributed by atoms with Gasteiger partial charge in [-0.05, 0) is 82.9 Å². The van der Waals surface area contributed by atoms with Gasteiger partial charge >= 0.3 is 0 Å². The zero-order valence-corrected chi connectivity index (χ0v) is 25.0. The highest BCUT2D eigenvalue weighted by molar-refractivity contribution is 6.06. The maximum atomic E-state index is 6.21. The third-order valence-corrected chi connectivity index (χ3v) is 9.04. The molecular weight excluding hydrogens is 566 g/mol. The Bertz CT molecular complexity index is 2320. The van der Waals surface area contributed by atoms with Gasteiger partial charge in [0.1, 0.15) is 34.4 Å². The van der Waals surface area contributed by atoms with Gasteiger partial charge in [0.05, 0.1) is 0 Å². The van der Waals surface area contributed by atoms with E-state index in [1.807, 2.05) is 24.3 Å². The lowest BCUT2D eigenvalue weighted by Crippen LogP contribution is -2.82. The van der Waals surface area contributed by atoms with Gasteiger partial charge in [-0.3, -0.25) is 0 Å². The van der Waals surface area contributed by atoms with Crippen molar-refractivity contribution in [2.75, 3.05) is 6.79 Å². The summed E-state index contributed by atoms with van der Waals surface area (Å²) in [7, 11) is 0. The normalized spacial score (nSPS) is 15.6. The van der Waals surface area contributed by atoms with Crippen molar-refractivity contribution in [1.29, 1.82) is 0 Å². The van der Waals surface area contributed by atoms with Gasteiger partial charge in [0.15, 0.2) is 0 Å². The summed E-state index contributed by atoms with van der Waals surface area (Å²) in [5.41, 5.74) is 12.0. The number of benzene rings is 6. The Morgan fingerprint density at radius 2 is 1.15 bits per heavy atom. The van der Waals surface area contributed by atoms with Crippen LogP contribution in [0.3, 0.4) is 0 Å². The molecule has 3 heterocycles. The molecule has 6 aromatic carbocycles.